The van der Waals surface area contributed by atoms with E-state index in [2.05, 4.69) is 19.6 Å². The van der Waals surface area contributed by atoms with Crippen molar-refractivity contribution in [2.24, 2.45) is 0 Å². The molecule has 1 aromatic rings. The predicted octanol–water partition coefficient (Wildman–Crippen LogP) is 3.41. The standard InChI is InChI=1S/C15H18ClNOSi/c1-19(2,3)13-9-7-8-12(16)14(13)15(18)17-10-5-4-6-11-17/h4-10H,11H2,1-3H3. The maximum atomic E-state index is 12.7. The van der Waals surface area contributed by atoms with Crippen molar-refractivity contribution in [3.63, 3.8) is 0 Å². The molecule has 0 saturated carbocycles. The molecule has 2 rings (SSSR count). The number of amides is 1. The Balaban J connectivity index is 2.46. The van der Waals surface area contributed by atoms with Gasteiger partial charge in [0, 0.05) is 12.7 Å². The SMILES string of the molecule is C[Si](C)(C)c1cccc(Cl)c1C(=O)N1C=CC=CC1. The smallest absolute Gasteiger partial charge is 0.259 e. The Labute approximate surface area is 120 Å². The summed E-state index contributed by atoms with van der Waals surface area (Å²) in [7, 11) is -1.61. The van der Waals surface area contributed by atoms with Crippen molar-refractivity contribution in [3.8, 4) is 0 Å². The number of carbonyl (C=O) groups is 1. The molecule has 0 saturated heterocycles. The number of hydrogen-bond acceptors (Lipinski definition) is 1. The topological polar surface area (TPSA) is 20.3 Å². The molecular weight excluding hydrogens is 274 g/mol. The van der Waals surface area contributed by atoms with Gasteiger partial charge < -0.3 is 4.90 Å². The molecule has 0 aromatic heterocycles. The van der Waals surface area contributed by atoms with Crippen LogP contribution >= 0.6 is 11.6 Å². The van der Waals surface area contributed by atoms with Crippen molar-refractivity contribution in [2.45, 2.75) is 19.6 Å². The van der Waals surface area contributed by atoms with Gasteiger partial charge in [-0.25, -0.2) is 0 Å². The van der Waals surface area contributed by atoms with E-state index in [1.54, 1.807) is 17.2 Å². The molecule has 1 aromatic carbocycles. The lowest BCUT2D eigenvalue weighted by Gasteiger charge is -2.25. The van der Waals surface area contributed by atoms with Crippen LogP contribution in [0.15, 0.2) is 42.6 Å². The first-order valence-electron chi connectivity index (χ1n) is 6.34. The van der Waals surface area contributed by atoms with Gasteiger partial charge in [-0.15, -0.1) is 0 Å². The summed E-state index contributed by atoms with van der Waals surface area (Å²) in [5.41, 5.74) is 0.670. The lowest BCUT2D eigenvalue weighted by molar-refractivity contribution is 0.0835. The first kappa shape index (κ1) is 14.1. The zero-order valence-corrected chi connectivity index (χ0v) is 13.2. The van der Waals surface area contributed by atoms with Crippen molar-refractivity contribution < 1.29 is 4.79 Å². The zero-order chi connectivity index (χ0) is 14.0. The maximum Gasteiger partial charge on any atom is 0.259 e. The van der Waals surface area contributed by atoms with Crippen LogP contribution in [0.5, 0.6) is 0 Å². The molecule has 0 atom stereocenters. The summed E-state index contributed by atoms with van der Waals surface area (Å²) >= 11 is 6.28. The number of rotatable bonds is 2. The Kier molecular flexibility index (Phi) is 3.97. The van der Waals surface area contributed by atoms with Gasteiger partial charge >= 0.3 is 0 Å². The highest BCUT2D eigenvalue weighted by molar-refractivity contribution is 6.89. The molecule has 1 amide bonds. The van der Waals surface area contributed by atoms with E-state index in [0.29, 0.717) is 17.1 Å². The lowest BCUT2D eigenvalue weighted by atomic mass is 10.2. The van der Waals surface area contributed by atoms with Crippen molar-refractivity contribution in [3.05, 3.63) is 53.2 Å². The molecular formula is C15H18ClNOSi. The van der Waals surface area contributed by atoms with Crippen molar-refractivity contribution in [1.29, 1.82) is 0 Å². The fourth-order valence-electron chi connectivity index (χ4n) is 2.13. The highest BCUT2D eigenvalue weighted by Crippen LogP contribution is 2.20. The summed E-state index contributed by atoms with van der Waals surface area (Å²) in [6.45, 7) is 7.27. The number of allylic oxidation sites excluding steroid dienone is 2. The van der Waals surface area contributed by atoms with Crippen molar-refractivity contribution in [2.75, 3.05) is 6.54 Å². The number of hydrogen-bond donors (Lipinski definition) is 0. The van der Waals surface area contributed by atoms with Gasteiger partial charge in [-0.3, -0.25) is 4.79 Å². The summed E-state index contributed by atoms with van der Waals surface area (Å²) in [4.78, 5) is 14.4. The van der Waals surface area contributed by atoms with Crippen LogP contribution in [0.4, 0.5) is 0 Å². The molecule has 1 heterocycles. The summed E-state index contributed by atoms with van der Waals surface area (Å²) in [6, 6.07) is 5.76. The van der Waals surface area contributed by atoms with Gasteiger partial charge in [-0.05, 0) is 17.3 Å². The minimum absolute atomic E-state index is 0.0105. The minimum atomic E-state index is -1.61. The molecule has 0 N–H and O–H groups in total. The van der Waals surface area contributed by atoms with Gasteiger partial charge in [0.1, 0.15) is 0 Å². The number of benzene rings is 1. The van der Waals surface area contributed by atoms with E-state index in [4.69, 9.17) is 11.6 Å². The van der Waals surface area contributed by atoms with Gasteiger partial charge in [0.25, 0.3) is 5.91 Å². The second kappa shape index (κ2) is 5.35. The third kappa shape index (κ3) is 2.99. The first-order chi connectivity index (χ1) is 8.91. The Bertz CT molecular complexity index is 558. The molecule has 0 aliphatic carbocycles. The molecule has 2 nitrogen and oxygen atoms in total. The Morgan fingerprint density at radius 2 is 2.00 bits per heavy atom. The van der Waals surface area contributed by atoms with Gasteiger partial charge in [0.2, 0.25) is 0 Å². The van der Waals surface area contributed by atoms with E-state index in [9.17, 15) is 4.79 Å². The van der Waals surface area contributed by atoms with Gasteiger partial charge in [-0.2, -0.15) is 0 Å². The van der Waals surface area contributed by atoms with Crippen LogP contribution in [0.2, 0.25) is 24.7 Å². The van der Waals surface area contributed by atoms with Gasteiger partial charge in [0.15, 0.2) is 0 Å². The predicted molar refractivity (Wildman–Crippen MR) is 83.7 cm³/mol. The van der Waals surface area contributed by atoms with Crippen LogP contribution in [-0.2, 0) is 0 Å². The fourth-order valence-corrected chi connectivity index (χ4v) is 4.05. The van der Waals surface area contributed by atoms with Crippen LogP contribution in [0.1, 0.15) is 10.4 Å². The number of halogens is 1. The molecule has 0 spiro atoms. The highest BCUT2D eigenvalue weighted by Gasteiger charge is 2.27. The molecule has 4 heteroatoms. The molecule has 100 valence electrons. The largest absolute Gasteiger partial charge is 0.311 e. The van der Waals surface area contributed by atoms with Crippen molar-refractivity contribution >= 4 is 30.8 Å². The molecule has 0 fully saturated rings. The average Bonchev–Trinajstić information content (AvgIpc) is 2.37. The monoisotopic (exact) mass is 291 g/mol. The van der Waals surface area contributed by atoms with E-state index < -0.39 is 8.07 Å². The molecule has 1 aliphatic heterocycles. The number of carbonyl (C=O) groups excluding carboxylic acids is 1. The quantitative estimate of drug-likeness (QED) is 0.765. The molecule has 0 unspecified atom stereocenters. The van der Waals surface area contributed by atoms with Gasteiger partial charge in [-0.1, -0.05) is 55.5 Å². The molecule has 1 aliphatic rings. The molecule has 19 heavy (non-hydrogen) atoms. The highest BCUT2D eigenvalue weighted by atomic mass is 35.5. The molecule has 0 bridgehead atoms. The minimum Gasteiger partial charge on any atom is -0.311 e. The van der Waals surface area contributed by atoms with Crippen LogP contribution in [0, 0.1) is 0 Å². The zero-order valence-electron chi connectivity index (χ0n) is 11.5. The number of nitrogens with zero attached hydrogens (tertiary/aromatic N) is 1. The van der Waals surface area contributed by atoms with Gasteiger partial charge in [0.05, 0.1) is 18.7 Å². The van der Waals surface area contributed by atoms with E-state index in [1.165, 1.54) is 0 Å². The van der Waals surface area contributed by atoms with Crippen LogP contribution in [0.25, 0.3) is 0 Å². The Hall–Kier alpha value is -1.32. The second-order valence-electron chi connectivity index (χ2n) is 5.64. The summed E-state index contributed by atoms with van der Waals surface area (Å²) in [5, 5.41) is 1.67. The lowest BCUT2D eigenvalue weighted by Crippen LogP contribution is -2.44. The normalized spacial score (nSPS) is 14.8. The third-order valence-corrected chi connectivity index (χ3v) is 5.46. The summed E-state index contributed by atoms with van der Waals surface area (Å²) in [6.07, 6.45) is 7.57. The third-order valence-electron chi connectivity index (χ3n) is 3.11. The Morgan fingerprint density at radius 3 is 2.58 bits per heavy atom. The van der Waals surface area contributed by atoms with Crippen LogP contribution in [0.3, 0.4) is 0 Å². The molecule has 0 radical (unpaired) electrons. The van der Waals surface area contributed by atoms with Crippen molar-refractivity contribution in [1.82, 2.24) is 4.90 Å². The van der Waals surface area contributed by atoms with E-state index >= 15 is 0 Å². The summed E-state index contributed by atoms with van der Waals surface area (Å²) < 4.78 is 0. The first-order valence-corrected chi connectivity index (χ1v) is 10.2. The van der Waals surface area contributed by atoms with Crippen LogP contribution in [-0.4, -0.2) is 25.4 Å². The van der Waals surface area contributed by atoms with Crippen LogP contribution < -0.4 is 5.19 Å². The summed E-state index contributed by atoms with van der Waals surface area (Å²) in [5.74, 6) is -0.0105. The van der Waals surface area contributed by atoms with E-state index in [1.807, 2.05) is 30.4 Å². The fraction of sp³-hybridized carbons (Fsp3) is 0.267. The van der Waals surface area contributed by atoms with E-state index in [-0.39, 0.29) is 5.91 Å². The second-order valence-corrected chi connectivity index (χ2v) is 11.1. The van der Waals surface area contributed by atoms with E-state index in [0.717, 1.165) is 5.19 Å². The Morgan fingerprint density at radius 1 is 1.26 bits per heavy atom. The average molecular weight is 292 g/mol. The maximum absolute atomic E-state index is 12.7.